The Balaban J connectivity index is 1.47. The van der Waals surface area contributed by atoms with Gasteiger partial charge >= 0.3 is 0 Å². The lowest BCUT2D eigenvalue weighted by molar-refractivity contribution is -0.129. The SMILES string of the molecule is O=C(NCCN1CCOCC1)[C@@]1(CCS(=O)(=O)c2ccccc2)N=C(c2ccc(OCCCO)cc2)O[C@H]1c1ccccc1. The fourth-order valence-corrected chi connectivity index (χ4v) is 6.73. The summed E-state index contributed by atoms with van der Waals surface area (Å²) in [5.41, 5.74) is -0.190. The maximum atomic E-state index is 14.2. The third kappa shape index (κ3) is 7.65. The highest BCUT2D eigenvalue weighted by Crippen LogP contribution is 2.43. The Morgan fingerprint density at radius 1 is 1.00 bits per heavy atom. The first-order chi connectivity index (χ1) is 21.4. The minimum Gasteiger partial charge on any atom is -0.494 e. The lowest BCUT2D eigenvalue weighted by Gasteiger charge is -2.31. The molecule has 2 N–H and O–H groups in total. The van der Waals surface area contributed by atoms with Crippen LogP contribution >= 0.6 is 0 Å². The first kappa shape index (κ1) is 31.6. The molecule has 0 aliphatic carbocycles. The number of nitrogens with zero attached hydrogens (tertiary/aromatic N) is 2. The highest BCUT2D eigenvalue weighted by atomic mass is 32.2. The number of hydrogen-bond acceptors (Lipinski definition) is 9. The molecule has 0 saturated carbocycles. The topological polar surface area (TPSA) is 127 Å². The first-order valence-corrected chi connectivity index (χ1v) is 16.6. The minimum atomic E-state index is -3.72. The molecular weight excluding hydrogens is 582 g/mol. The normalized spacial score (nSPS) is 20.5. The Kier molecular flexibility index (Phi) is 10.6. The molecule has 2 atom stereocenters. The molecule has 1 fully saturated rings. The molecule has 234 valence electrons. The number of rotatable bonds is 14. The molecular formula is C33H39N3O7S. The minimum absolute atomic E-state index is 0.0419. The van der Waals surface area contributed by atoms with Crippen molar-refractivity contribution >= 4 is 21.6 Å². The van der Waals surface area contributed by atoms with Crippen LogP contribution in [0, 0.1) is 0 Å². The Morgan fingerprint density at radius 2 is 1.68 bits per heavy atom. The van der Waals surface area contributed by atoms with Crippen LogP contribution in [0.1, 0.15) is 30.1 Å². The molecule has 1 saturated heterocycles. The summed E-state index contributed by atoms with van der Waals surface area (Å²) in [4.78, 5) is 21.6. The highest BCUT2D eigenvalue weighted by Gasteiger charge is 2.53. The van der Waals surface area contributed by atoms with E-state index in [0.717, 1.165) is 18.7 Å². The zero-order valence-corrected chi connectivity index (χ0v) is 25.5. The van der Waals surface area contributed by atoms with Crippen molar-refractivity contribution in [2.45, 2.75) is 29.4 Å². The lowest BCUT2D eigenvalue weighted by atomic mass is 9.85. The van der Waals surface area contributed by atoms with E-state index in [1.807, 2.05) is 30.3 Å². The van der Waals surface area contributed by atoms with E-state index < -0.39 is 21.5 Å². The second kappa shape index (κ2) is 14.8. The van der Waals surface area contributed by atoms with Crippen LogP contribution in [0.3, 0.4) is 0 Å². The third-order valence-electron chi connectivity index (χ3n) is 7.80. The second-order valence-corrected chi connectivity index (χ2v) is 12.9. The van der Waals surface area contributed by atoms with Gasteiger partial charge in [-0.25, -0.2) is 13.4 Å². The van der Waals surface area contributed by atoms with E-state index in [9.17, 15) is 13.2 Å². The van der Waals surface area contributed by atoms with Crippen LogP contribution in [0.25, 0.3) is 0 Å². The maximum absolute atomic E-state index is 14.2. The maximum Gasteiger partial charge on any atom is 0.252 e. The van der Waals surface area contributed by atoms with Crippen molar-refractivity contribution in [1.82, 2.24) is 10.2 Å². The van der Waals surface area contributed by atoms with Crippen LogP contribution in [0.15, 0.2) is 94.8 Å². The fraction of sp³-hybridized carbons (Fsp3) is 0.394. The van der Waals surface area contributed by atoms with E-state index in [4.69, 9.17) is 24.3 Å². The third-order valence-corrected chi connectivity index (χ3v) is 9.54. The predicted octanol–water partition coefficient (Wildman–Crippen LogP) is 3.02. The monoisotopic (exact) mass is 621 g/mol. The molecule has 0 radical (unpaired) electrons. The van der Waals surface area contributed by atoms with Gasteiger partial charge in [0, 0.05) is 51.2 Å². The molecule has 0 spiro atoms. The molecule has 2 heterocycles. The summed E-state index contributed by atoms with van der Waals surface area (Å²) in [7, 11) is -3.72. The standard InChI is InChI=1S/C33H39N3O7S/c37-21-7-22-42-28-14-12-27(13-15-28)31-35-33(30(43-31)26-8-3-1-4-9-26,16-25-44(39,40)29-10-5-2-6-11-29)32(38)34-17-18-36-19-23-41-24-20-36/h1-6,8-15,30,37H,7,16-25H2,(H,34,38)/t30-,33-/m0/s1. The summed E-state index contributed by atoms with van der Waals surface area (Å²) < 4.78 is 44.5. The number of amides is 1. The van der Waals surface area contributed by atoms with Gasteiger partial charge in [0.2, 0.25) is 5.90 Å². The fourth-order valence-electron chi connectivity index (χ4n) is 5.34. The molecule has 0 unspecified atom stereocenters. The summed E-state index contributed by atoms with van der Waals surface area (Å²) in [6.45, 7) is 4.31. The Bertz CT molecular complexity index is 1500. The van der Waals surface area contributed by atoms with Crippen LogP contribution in [0.4, 0.5) is 0 Å². The summed E-state index contributed by atoms with van der Waals surface area (Å²) in [6, 6.07) is 24.7. The van der Waals surface area contributed by atoms with Crippen molar-refractivity contribution in [2.75, 3.05) is 58.4 Å². The number of morpholine rings is 1. The van der Waals surface area contributed by atoms with E-state index >= 15 is 0 Å². The van der Waals surface area contributed by atoms with Crippen molar-refractivity contribution in [3.8, 4) is 5.75 Å². The predicted molar refractivity (Wildman–Crippen MR) is 167 cm³/mol. The second-order valence-electron chi connectivity index (χ2n) is 10.8. The molecule has 2 aliphatic rings. The number of sulfone groups is 1. The van der Waals surface area contributed by atoms with Gasteiger partial charge in [-0.15, -0.1) is 0 Å². The molecule has 3 aromatic carbocycles. The number of aliphatic imine (C=N–C) groups is 1. The summed E-state index contributed by atoms with van der Waals surface area (Å²) in [6.07, 6.45) is -0.418. The van der Waals surface area contributed by atoms with E-state index in [2.05, 4.69) is 10.2 Å². The number of aliphatic hydroxyl groups excluding tert-OH is 1. The number of nitrogens with one attached hydrogen (secondary N) is 1. The summed E-state index contributed by atoms with van der Waals surface area (Å²) in [5, 5.41) is 12.1. The van der Waals surface area contributed by atoms with Crippen molar-refractivity contribution in [3.05, 3.63) is 96.1 Å². The van der Waals surface area contributed by atoms with Gasteiger partial charge in [-0.05, 0) is 42.0 Å². The van der Waals surface area contributed by atoms with Gasteiger partial charge in [0.05, 0.1) is 30.5 Å². The Morgan fingerprint density at radius 3 is 2.36 bits per heavy atom. The molecule has 44 heavy (non-hydrogen) atoms. The van der Waals surface area contributed by atoms with Crippen molar-refractivity contribution in [2.24, 2.45) is 4.99 Å². The van der Waals surface area contributed by atoms with Gasteiger partial charge in [-0.3, -0.25) is 9.69 Å². The largest absolute Gasteiger partial charge is 0.494 e. The average molecular weight is 622 g/mol. The zero-order chi connectivity index (χ0) is 30.8. The average Bonchev–Trinajstić information content (AvgIpc) is 3.47. The van der Waals surface area contributed by atoms with Crippen LogP contribution in [-0.2, 0) is 24.1 Å². The lowest BCUT2D eigenvalue weighted by Crippen LogP contribution is -2.51. The van der Waals surface area contributed by atoms with E-state index in [-0.39, 0.29) is 35.5 Å². The number of hydrogen-bond donors (Lipinski definition) is 2. The molecule has 1 amide bonds. The number of carbonyl (C=O) groups is 1. The molecule has 3 aromatic rings. The molecule has 10 nitrogen and oxygen atoms in total. The van der Waals surface area contributed by atoms with Gasteiger partial charge in [0.1, 0.15) is 5.75 Å². The number of aliphatic hydroxyl groups is 1. The van der Waals surface area contributed by atoms with Crippen LogP contribution in [-0.4, -0.2) is 94.1 Å². The highest BCUT2D eigenvalue weighted by molar-refractivity contribution is 7.91. The first-order valence-electron chi connectivity index (χ1n) is 14.9. The van der Waals surface area contributed by atoms with Crippen LogP contribution in [0.2, 0.25) is 0 Å². The molecule has 11 heteroatoms. The summed E-state index contributed by atoms with van der Waals surface area (Å²) >= 11 is 0. The van der Waals surface area contributed by atoms with Gasteiger partial charge in [0.25, 0.3) is 5.91 Å². The van der Waals surface area contributed by atoms with Crippen molar-refractivity contribution in [3.63, 3.8) is 0 Å². The van der Waals surface area contributed by atoms with Crippen molar-refractivity contribution < 1.29 is 32.5 Å². The van der Waals surface area contributed by atoms with Gasteiger partial charge in [-0.1, -0.05) is 48.5 Å². The van der Waals surface area contributed by atoms with Gasteiger partial charge in [-0.2, -0.15) is 0 Å². The molecule has 2 aliphatic heterocycles. The van der Waals surface area contributed by atoms with Gasteiger partial charge < -0.3 is 24.6 Å². The van der Waals surface area contributed by atoms with E-state index in [1.54, 1.807) is 54.6 Å². The molecule has 0 bridgehead atoms. The van der Waals surface area contributed by atoms with E-state index in [0.29, 0.717) is 50.6 Å². The zero-order valence-electron chi connectivity index (χ0n) is 24.6. The quantitative estimate of drug-likeness (QED) is 0.263. The van der Waals surface area contributed by atoms with Crippen molar-refractivity contribution in [1.29, 1.82) is 0 Å². The van der Waals surface area contributed by atoms with Gasteiger partial charge in [0.15, 0.2) is 21.5 Å². The Hall–Kier alpha value is -3.77. The summed E-state index contributed by atoms with van der Waals surface area (Å²) in [5.74, 6) is 0.194. The number of ether oxygens (including phenoxy) is 3. The number of carbonyl (C=O) groups excluding carboxylic acids is 1. The Labute approximate surface area is 258 Å². The smallest absolute Gasteiger partial charge is 0.252 e. The van der Waals surface area contributed by atoms with Crippen LogP contribution < -0.4 is 10.1 Å². The molecule has 5 rings (SSSR count). The number of benzene rings is 3. The van der Waals surface area contributed by atoms with E-state index in [1.165, 1.54) is 0 Å². The van der Waals surface area contributed by atoms with Crippen LogP contribution in [0.5, 0.6) is 5.75 Å². The molecule has 0 aromatic heterocycles.